The quantitative estimate of drug-likeness (QED) is 0.545. The fraction of sp³-hybridized carbons (Fsp3) is 0.923. The van der Waals surface area contributed by atoms with Crippen molar-refractivity contribution in [1.82, 2.24) is 4.90 Å². The minimum Gasteiger partial charge on any atom is -0.459 e. The van der Waals surface area contributed by atoms with Crippen molar-refractivity contribution in [2.75, 3.05) is 26.3 Å². The molecule has 1 saturated heterocycles. The van der Waals surface area contributed by atoms with E-state index in [1.54, 1.807) is 0 Å². The van der Waals surface area contributed by atoms with Gasteiger partial charge in [0.15, 0.2) is 0 Å². The molecule has 4 nitrogen and oxygen atoms in total. The average Bonchev–Trinajstić information content (AvgIpc) is 2.64. The van der Waals surface area contributed by atoms with E-state index in [9.17, 15) is 4.79 Å². The van der Waals surface area contributed by atoms with Crippen molar-refractivity contribution in [2.45, 2.75) is 52.2 Å². The largest absolute Gasteiger partial charge is 0.459 e. The lowest BCUT2D eigenvalue weighted by Crippen LogP contribution is -2.41. The second-order valence-corrected chi connectivity index (χ2v) is 5.42. The first-order valence-electron chi connectivity index (χ1n) is 6.48. The summed E-state index contributed by atoms with van der Waals surface area (Å²) in [6.07, 6.45) is 1.97. The van der Waals surface area contributed by atoms with Crippen molar-refractivity contribution < 1.29 is 14.3 Å². The molecule has 0 aromatic carbocycles. The Morgan fingerprint density at radius 1 is 1.41 bits per heavy atom. The molecule has 1 fully saturated rings. The lowest BCUT2D eigenvalue weighted by atomic mass is 10.1. The molecule has 1 aliphatic heterocycles. The Bertz CT molecular complexity index is 248. The molecule has 0 aliphatic carbocycles. The zero-order valence-corrected chi connectivity index (χ0v) is 11.5. The van der Waals surface area contributed by atoms with Gasteiger partial charge in [-0.1, -0.05) is 0 Å². The van der Waals surface area contributed by atoms with E-state index in [4.69, 9.17) is 9.47 Å². The van der Waals surface area contributed by atoms with Gasteiger partial charge in [0.05, 0.1) is 6.61 Å². The predicted octanol–water partition coefficient (Wildman–Crippen LogP) is 1.83. The van der Waals surface area contributed by atoms with E-state index in [2.05, 4.69) is 4.90 Å². The molecule has 0 radical (unpaired) electrons. The summed E-state index contributed by atoms with van der Waals surface area (Å²) in [6, 6.07) is -0.0744. The highest BCUT2D eigenvalue weighted by Gasteiger charge is 2.33. The Labute approximate surface area is 104 Å². The standard InChI is InChI=1S/C13H25NO3/c1-5-16-10-9-14-8-6-7-11(14)12(15)17-13(2,3)4/h11H,5-10H2,1-4H3/t11-/m0/s1. The van der Waals surface area contributed by atoms with Crippen molar-refractivity contribution >= 4 is 5.97 Å². The van der Waals surface area contributed by atoms with E-state index in [1.807, 2.05) is 27.7 Å². The smallest absolute Gasteiger partial charge is 0.323 e. The van der Waals surface area contributed by atoms with E-state index in [-0.39, 0.29) is 12.0 Å². The minimum atomic E-state index is -0.398. The van der Waals surface area contributed by atoms with E-state index >= 15 is 0 Å². The highest BCUT2D eigenvalue weighted by atomic mass is 16.6. The van der Waals surface area contributed by atoms with Crippen LogP contribution in [0.15, 0.2) is 0 Å². The Morgan fingerprint density at radius 3 is 2.71 bits per heavy atom. The van der Waals surface area contributed by atoms with Crippen LogP contribution in [0.3, 0.4) is 0 Å². The van der Waals surface area contributed by atoms with Gasteiger partial charge in [-0.3, -0.25) is 9.69 Å². The molecule has 0 amide bonds. The molecule has 1 atom stereocenters. The summed E-state index contributed by atoms with van der Waals surface area (Å²) >= 11 is 0. The molecule has 4 heteroatoms. The second-order valence-electron chi connectivity index (χ2n) is 5.42. The van der Waals surface area contributed by atoms with E-state index in [1.165, 1.54) is 0 Å². The van der Waals surface area contributed by atoms with Crippen LogP contribution in [0.2, 0.25) is 0 Å². The SMILES string of the molecule is CCOCCN1CCC[C@H]1C(=O)OC(C)(C)C. The Balaban J connectivity index is 2.42. The van der Waals surface area contributed by atoms with Gasteiger partial charge in [0.2, 0.25) is 0 Å². The van der Waals surface area contributed by atoms with Crippen LogP contribution in [0.5, 0.6) is 0 Å². The first-order chi connectivity index (χ1) is 7.94. The number of rotatable bonds is 5. The Hall–Kier alpha value is -0.610. The molecular weight excluding hydrogens is 218 g/mol. The molecule has 0 spiro atoms. The van der Waals surface area contributed by atoms with Crippen molar-refractivity contribution in [3.8, 4) is 0 Å². The monoisotopic (exact) mass is 243 g/mol. The predicted molar refractivity (Wildman–Crippen MR) is 66.9 cm³/mol. The van der Waals surface area contributed by atoms with Crippen LogP contribution in [0.1, 0.15) is 40.5 Å². The van der Waals surface area contributed by atoms with Gasteiger partial charge in [0.1, 0.15) is 11.6 Å². The summed E-state index contributed by atoms with van der Waals surface area (Å²) in [5.41, 5.74) is -0.398. The molecule has 17 heavy (non-hydrogen) atoms. The summed E-state index contributed by atoms with van der Waals surface area (Å²) in [5, 5.41) is 0. The van der Waals surface area contributed by atoms with Crippen LogP contribution >= 0.6 is 0 Å². The highest BCUT2D eigenvalue weighted by molar-refractivity contribution is 5.76. The van der Waals surface area contributed by atoms with Gasteiger partial charge >= 0.3 is 5.97 Å². The third-order valence-corrected chi connectivity index (χ3v) is 2.77. The normalized spacial score (nSPS) is 21.8. The summed E-state index contributed by atoms with van der Waals surface area (Å²) in [4.78, 5) is 14.2. The molecule has 1 rings (SSSR count). The molecule has 0 bridgehead atoms. The Morgan fingerprint density at radius 2 is 2.12 bits per heavy atom. The molecule has 100 valence electrons. The molecule has 0 N–H and O–H groups in total. The van der Waals surface area contributed by atoms with Crippen molar-refractivity contribution in [3.63, 3.8) is 0 Å². The first kappa shape index (κ1) is 14.5. The van der Waals surface area contributed by atoms with E-state index in [0.717, 1.165) is 32.5 Å². The first-order valence-corrected chi connectivity index (χ1v) is 6.48. The third-order valence-electron chi connectivity index (χ3n) is 2.77. The van der Waals surface area contributed by atoms with Gasteiger partial charge in [-0.05, 0) is 47.1 Å². The van der Waals surface area contributed by atoms with Crippen LogP contribution in [0, 0.1) is 0 Å². The van der Waals surface area contributed by atoms with Crippen LogP contribution < -0.4 is 0 Å². The maximum absolute atomic E-state index is 12.0. The lowest BCUT2D eigenvalue weighted by Gasteiger charge is -2.27. The number of carbonyl (C=O) groups is 1. The van der Waals surface area contributed by atoms with Gasteiger partial charge in [0, 0.05) is 13.2 Å². The van der Waals surface area contributed by atoms with Crippen LogP contribution in [-0.4, -0.2) is 48.8 Å². The maximum Gasteiger partial charge on any atom is 0.323 e. The number of carbonyl (C=O) groups excluding carboxylic acids is 1. The number of ether oxygens (including phenoxy) is 2. The highest BCUT2D eigenvalue weighted by Crippen LogP contribution is 2.20. The average molecular weight is 243 g/mol. The van der Waals surface area contributed by atoms with E-state index < -0.39 is 5.60 Å². The number of likely N-dealkylation sites (tertiary alicyclic amines) is 1. The van der Waals surface area contributed by atoms with E-state index in [0.29, 0.717) is 6.61 Å². The molecule has 0 saturated carbocycles. The third kappa shape index (κ3) is 5.04. The maximum atomic E-state index is 12.0. The zero-order chi connectivity index (χ0) is 12.9. The van der Waals surface area contributed by atoms with Gasteiger partial charge in [0.25, 0.3) is 0 Å². The van der Waals surface area contributed by atoms with Crippen molar-refractivity contribution in [2.24, 2.45) is 0 Å². The number of hydrogen-bond donors (Lipinski definition) is 0. The summed E-state index contributed by atoms with van der Waals surface area (Å²) in [6.45, 7) is 10.9. The number of hydrogen-bond acceptors (Lipinski definition) is 4. The summed E-state index contributed by atoms with van der Waals surface area (Å²) in [7, 11) is 0. The second kappa shape index (κ2) is 6.36. The van der Waals surface area contributed by atoms with Gasteiger partial charge in [-0.2, -0.15) is 0 Å². The van der Waals surface area contributed by atoms with Crippen molar-refractivity contribution in [1.29, 1.82) is 0 Å². The molecule has 1 aliphatic rings. The van der Waals surface area contributed by atoms with Gasteiger partial charge in [-0.25, -0.2) is 0 Å². The molecule has 0 unspecified atom stereocenters. The topological polar surface area (TPSA) is 38.8 Å². The minimum absolute atomic E-state index is 0.0744. The molecule has 1 heterocycles. The fourth-order valence-electron chi connectivity index (χ4n) is 2.06. The Kier molecular flexibility index (Phi) is 5.40. The van der Waals surface area contributed by atoms with Crippen LogP contribution in [0.4, 0.5) is 0 Å². The molecule has 0 aromatic heterocycles. The summed E-state index contributed by atoms with van der Waals surface area (Å²) < 4.78 is 10.8. The van der Waals surface area contributed by atoms with Gasteiger partial charge < -0.3 is 9.47 Å². The lowest BCUT2D eigenvalue weighted by molar-refractivity contribution is -0.160. The fourth-order valence-corrected chi connectivity index (χ4v) is 2.06. The van der Waals surface area contributed by atoms with Crippen molar-refractivity contribution in [3.05, 3.63) is 0 Å². The molecule has 0 aromatic rings. The number of nitrogens with zero attached hydrogens (tertiary/aromatic N) is 1. The number of esters is 1. The summed E-state index contributed by atoms with van der Waals surface area (Å²) in [5.74, 6) is -0.0912. The molecular formula is C13H25NO3. The zero-order valence-electron chi connectivity index (χ0n) is 11.5. The van der Waals surface area contributed by atoms with Crippen LogP contribution in [0.25, 0.3) is 0 Å². The van der Waals surface area contributed by atoms with Crippen LogP contribution in [-0.2, 0) is 14.3 Å². The van der Waals surface area contributed by atoms with Gasteiger partial charge in [-0.15, -0.1) is 0 Å².